The van der Waals surface area contributed by atoms with Gasteiger partial charge in [0.15, 0.2) is 12.3 Å². The molecule has 0 saturated heterocycles. The number of rotatable bonds is 4. The van der Waals surface area contributed by atoms with Gasteiger partial charge in [-0.2, -0.15) is 5.10 Å². The molecule has 33 heavy (non-hydrogen) atoms. The van der Waals surface area contributed by atoms with Gasteiger partial charge in [0.05, 0.1) is 17.6 Å². The predicted molar refractivity (Wildman–Crippen MR) is 121 cm³/mol. The van der Waals surface area contributed by atoms with Crippen molar-refractivity contribution in [1.29, 1.82) is 0 Å². The molecule has 2 aromatic carbocycles. The largest absolute Gasteiger partial charge is 0.454 e. The molecule has 0 spiro atoms. The number of carbonyl (C=O) groups is 2. The summed E-state index contributed by atoms with van der Waals surface area (Å²) < 4.78 is 7.89. The molecular formula is C24H21N5O4. The number of aryl methyl sites for hydroxylation is 3. The number of fused-ring (bicyclic) bond motifs is 3. The van der Waals surface area contributed by atoms with Crippen LogP contribution in [0.5, 0.6) is 0 Å². The average Bonchev–Trinajstić information content (AvgIpc) is 3.12. The summed E-state index contributed by atoms with van der Waals surface area (Å²) in [6.45, 7) is -0.796. The second-order valence-corrected chi connectivity index (χ2v) is 7.83. The van der Waals surface area contributed by atoms with Crippen LogP contribution < -0.4 is 10.5 Å². The van der Waals surface area contributed by atoms with E-state index in [2.05, 4.69) is 10.1 Å². The van der Waals surface area contributed by atoms with Crippen LogP contribution in [0, 0.1) is 0 Å². The molecule has 1 aliphatic rings. The minimum Gasteiger partial charge on any atom is -0.454 e. The van der Waals surface area contributed by atoms with E-state index in [1.54, 1.807) is 11.9 Å². The molecular weight excluding hydrogens is 422 g/mol. The monoisotopic (exact) mass is 443 g/mol. The zero-order valence-electron chi connectivity index (χ0n) is 18.0. The maximum absolute atomic E-state index is 13.2. The van der Waals surface area contributed by atoms with Crippen molar-refractivity contribution in [3.63, 3.8) is 0 Å². The lowest BCUT2D eigenvalue weighted by molar-refractivity contribution is -0.148. The van der Waals surface area contributed by atoms with E-state index >= 15 is 0 Å². The molecule has 2 aromatic heterocycles. The summed E-state index contributed by atoms with van der Waals surface area (Å²) in [6, 6.07) is 15.4. The van der Waals surface area contributed by atoms with Crippen molar-refractivity contribution in [2.45, 2.75) is 19.4 Å². The second-order valence-electron chi connectivity index (χ2n) is 7.83. The maximum Gasteiger partial charge on any atom is 0.326 e. The fourth-order valence-electron chi connectivity index (χ4n) is 4.12. The number of para-hydroxylation sites is 2. The van der Waals surface area contributed by atoms with Crippen molar-refractivity contribution in [1.82, 2.24) is 19.3 Å². The van der Waals surface area contributed by atoms with Gasteiger partial charge in [0.2, 0.25) is 0 Å². The first-order valence-electron chi connectivity index (χ1n) is 10.5. The van der Waals surface area contributed by atoms with E-state index in [9.17, 15) is 14.4 Å². The van der Waals surface area contributed by atoms with E-state index in [-0.39, 0.29) is 12.5 Å². The number of ether oxygens (including phenoxy) is 1. The zero-order valence-corrected chi connectivity index (χ0v) is 18.0. The van der Waals surface area contributed by atoms with Crippen molar-refractivity contribution in [2.75, 3.05) is 11.5 Å². The summed E-state index contributed by atoms with van der Waals surface area (Å²) in [7, 11) is 1.68. The summed E-state index contributed by atoms with van der Waals surface area (Å²) in [5.74, 6) is -1.06. The molecule has 3 heterocycles. The number of esters is 1. The van der Waals surface area contributed by atoms with Crippen LogP contribution in [0.3, 0.4) is 0 Å². The Morgan fingerprint density at radius 3 is 2.30 bits per heavy atom. The smallest absolute Gasteiger partial charge is 0.326 e. The van der Waals surface area contributed by atoms with Crippen molar-refractivity contribution in [3.05, 3.63) is 82.5 Å². The molecule has 1 aliphatic heterocycles. The Kier molecular flexibility index (Phi) is 5.21. The van der Waals surface area contributed by atoms with Crippen LogP contribution in [-0.2, 0) is 40.8 Å². The summed E-state index contributed by atoms with van der Waals surface area (Å²) in [5.41, 5.74) is 3.70. The van der Waals surface area contributed by atoms with Crippen LogP contribution in [0.4, 0.5) is 11.4 Å². The molecule has 0 saturated carbocycles. The first kappa shape index (κ1) is 20.6. The SMILES string of the molecule is Cn1ncc2c(=O)n(CC(=O)OCC(=O)N3c4ccccc4CCc4ccccc43)cnc21. The number of anilines is 2. The van der Waals surface area contributed by atoms with Crippen LogP contribution in [0.1, 0.15) is 11.1 Å². The lowest BCUT2D eigenvalue weighted by atomic mass is 10.0. The third-order valence-electron chi connectivity index (χ3n) is 5.75. The molecule has 166 valence electrons. The van der Waals surface area contributed by atoms with E-state index in [1.807, 2.05) is 48.5 Å². The molecule has 0 fully saturated rings. The number of carbonyl (C=O) groups excluding carboxylic acids is 2. The fourth-order valence-corrected chi connectivity index (χ4v) is 4.12. The van der Waals surface area contributed by atoms with Crippen molar-refractivity contribution in [2.24, 2.45) is 7.05 Å². The van der Waals surface area contributed by atoms with Gasteiger partial charge in [0, 0.05) is 7.05 Å². The van der Waals surface area contributed by atoms with Gasteiger partial charge in [-0.3, -0.25) is 28.5 Å². The van der Waals surface area contributed by atoms with E-state index in [0.29, 0.717) is 11.0 Å². The standard InChI is InChI=1S/C24H21N5O4/c1-27-23-18(12-26-27)24(32)28(15-25-23)13-22(31)33-14-21(30)29-19-8-4-2-6-16(19)10-11-17-7-3-5-9-20(17)29/h2-9,12,15H,10-11,13-14H2,1H3. The average molecular weight is 443 g/mol. The lowest BCUT2D eigenvalue weighted by Crippen LogP contribution is -2.33. The van der Waals surface area contributed by atoms with Crippen LogP contribution >= 0.6 is 0 Å². The van der Waals surface area contributed by atoms with Gasteiger partial charge in [-0.25, -0.2) is 4.98 Å². The molecule has 5 rings (SSSR count). The van der Waals surface area contributed by atoms with Crippen LogP contribution in [-0.4, -0.2) is 37.8 Å². The molecule has 0 atom stereocenters. The minimum atomic E-state index is -0.702. The molecule has 0 radical (unpaired) electrons. The highest BCUT2D eigenvalue weighted by Gasteiger charge is 2.26. The number of amides is 1. The Balaban J connectivity index is 1.35. The summed E-state index contributed by atoms with van der Waals surface area (Å²) >= 11 is 0. The number of nitrogens with zero attached hydrogens (tertiary/aromatic N) is 5. The molecule has 9 nitrogen and oxygen atoms in total. The van der Waals surface area contributed by atoms with Crippen molar-refractivity contribution in [3.8, 4) is 0 Å². The quantitative estimate of drug-likeness (QED) is 0.448. The molecule has 0 unspecified atom stereocenters. The second kappa shape index (κ2) is 8.34. The number of benzene rings is 2. The van der Waals surface area contributed by atoms with E-state index < -0.39 is 18.1 Å². The zero-order chi connectivity index (χ0) is 22.9. The number of hydrogen-bond acceptors (Lipinski definition) is 6. The van der Waals surface area contributed by atoms with Gasteiger partial charge in [0.1, 0.15) is 18.3 Å². The molecule has 9 heteroatoms. The highest BCUT2D eigenvalue weighted by atomic mass is 16.5. The third kappa shape index (κ3) is 3.78. The maximum atomic E-state index is 13.2. The summed E-state index contributed by atoms with van der Waals surface area (Å²) in [4.78, 5) is 44.0. The van der Waals surface area contributed by atoms with Crippen molar-refractivity contribution >= 4 is 34.3 Å². The van der Waals surface area contributed by atoms with E-state index in [1.165, 1.54) is 17.2 Å². The molecule has 0 aliphatic carbocycles. The summed E-state index contributed by atoms with van der Waals surface area (Å²) in [6.07, 6.45) is 4.30. The normalized spacial score (nSPS) is 12.7. The fraction of sp³-hybridized carbons (Fsp3) is 0.208. The Morgan fingerprint density at radius 1 is 1.00 bits per heavy atom. The van der Waals surface area contributed by atoms with Gasteiger partial charge in [-0.05, 0) is 36.1 Å². The Morgan fingerprint density at radius 2 is 1.64 bits per heavy atom. The van der Waals surface area contributed by atoms with Crippen molar-refractivity contribution < 1.29 is 14.3 Å². The van der Waals surface area contributed by atoms with E-state index in [0.717, 1.165) is 39.9 Å². The molecule has 1 amide bonds. The highest BCUT2D eigenvalue weighted by molar-refractivity contribution is 6.03. The van der Waals surface area contributed by atoms with Crippen LogP contribution in [0.15, 0.2) is 65.8 Å². The summed E-state index contributed by atoms with van der Waals surface area (Å²) in [5, 5.41) is 4.31. The van der Waals surface area contributed by atoms with Gasteiger partial charge in [-0.15, -0.1) is 0 Å². The van der Waals surface area contributed by atoms with Gasteiger partial charge < -0.3 is 4.74 Å². The minimum absolute atomic E-state index is 0.307. The Hall–Kier alpha value is -4.27. The lowest BCUT2D eigenvalue weighted by Gasteiger charge is -2.24. The first-order valence-corrected chi connectivity index (χ1v) is 10.5. The Labute approximate surface area is 188 Å². The molecule has 4 aromatic rings. The molecule has 0 bridgehead atoms. The predicted octanol–water partition coefficient (Wildman–Crippen LogP) is 2.14. The number of aromatic nitrogens is 4. The topological polar surface area (TPSA) is 99.3 Å². The van der Waals surface area contributed by atoms with E-state index in [4.69, 9.17) is 4.74 Å². The van der Waals surface area contributed by atoms with Gasteiger partial charge in [0.25, 0.3) is 11.5 Å². The third-order valence-corrected chi connectivity index (χ3v) is 5.75. The number of hydrogen-bond donors (Lipinski definition) is 0. The van der Waals surface area contributed by atoms with Gasteiger partial charge >= 0.3 is 5.97 Å². The van der Waals surface area contributed by atoms with Gasteiger partial charge in [-0.1, -0.05) is 36.4 Å². The highest BCUT2D eigenvalue weighted by Crippen LogP contribution is 2.35. The van der Waals surface area contributed by atoms with Crippen LogP contribution in [0.2, 0.25) is 0 Å². The first-order chi connectivity index (χ1) is 16.0. The van der Waals surface area contributed by atoms with Crippen LogP contribution in [0.25, 0.3) is 11.0 Å². The molecule has 0 N–H and O–H groups in total. The Bertz CT molecular complexity index is 1390.